The topological polar surface area (TPSA) is 128 Å². The number of halogens is 3. The number of hydrogen-bond donors (Lipinski definition) is 2. The summed E-state index contributed by atoms with van der Waals surface area (Å²) in [7, 11) is 0. The molecule has 0 aromatic carbocycles. The number of amides is 2. The number of nitrogens with one attached hydrogen (secondary N) is 1. The van der Waals surface area contributed by atoms with Gasteiger partial charge in [-0.15, -0.1) is 0 Å². The number of hydrogen-bond acceptors (Lipinski definition) is 7. The van der Waals surface area contributed by atoms with Crippen molar-refractivity contribution < 1.29 is 41.8 Å². The lowest BCUT2D eigenvalue weighted by Gasteiger charge is -2.37. The van der Waals surface area contributed by atoms with Crippen LogP contribution in [0.1, 0.15) is 46.5 Å². The third kappa shape index (κ3) is 7.85. The number of ether oxygens (including phenoxy) is 2. The van der Waals surface area contributed by atoms with Gasteiger partial charge >= 0.3 is 18.1 Å². The first kappa shape index (κ1) is 26.4. The number of unbranched alkanes of at least 4 members (excludes halogenated alkanes) is 2. The summed E-state index contributed by atoms with van der Waals surface area (Å²) in [5.41, 5.74) is 5.94. The fraction of sp³-hybridized carbons (Fsp3) is 0.684. The normalized spacial score (nSPS) is 20.9. The van der Waals surface area contributed by atoms with Gasteiger partial charge < -0.3 is 25.4 Å². The van der Waals surface area contributed by atoms with E-state index in [4.69, 9.17) is 10.5 Å². The minimum Gasteiger partial charge on any atom is -0.471 e. The maximum atomic E-state index is 13.2. The summed E-state index contributed by atoms with van der Waals surface area (Å²) in [4.78, 5) is 49.2. The van der Waals surface area contributed by atoms with Crippen LogP contribution in [-0.4, -0.2) is 66.1 Å². The molecule has 0 saturated heterocycles. The van der Waals surface area contributed by atoms with Gasteiger partial charge in [-0.1, -0.05) is 26.7 Å². The van der Waals surface area contributed by atoms with E-state index in [0.717, 1.165) is 18.9 Å². The van der Waals surface area contributed by atoms with Gasteiger partial charge in [0, 0.05) is 20.0 Å². The molecule has 1 rings (SSSR count). The maximum absolute atomic E-state index is 13.2. The summed E-state index contributed by atoms with van der Waals surface area (Å²) in [6.07, 6.45) is -3.01. The van der Waals surface area contributed by atoms with Gasteiger partial charge in [0.05, 0.1) is 12.1 Å². The number of nitrogens with two attached hydrogens (primary N) is 1. The minimum absolute atomic E-state index is 0.382. The number of alkyl halides is 3. The summed E-state index contributed by atoms with van der Waals surface area (Å²) in [6, 6.07) is -2.24. The van der Waals surface area contributed by atoms with E-state index in [0.29, 0.717) is 25.9 Å². The molecule has 0 spiro atoms. The Morgan fingerprint density at radius 1 is 1.16 bits per heavy atom. The monoisotopic (exact) mass is 451 g/mol. The van der Waals surface area contributed by atoms with E-state index in [1.54, 1.807) is 0 Å². The van der Waals surface area contributed by atoms with Crippen molar-refractivity contribution in [3.8, 4) is 0 Å². The number of carbonyl (C=O) groups is 4. The smallest absolute Gasteiger partial charge is 0.471 e. The first-order valence-electron chi connectivity index (χ1n) is 9.95. The Bertz CT molecular complexity index is 702. The molecule has 0 unspecified atom stereocenters. The van der Waals surface area contributed by atoms with Crippen molar-refractivity contribution in [2.24, 2.45) is 5.73 Å². The van der Waals surface area contributed by atoms with Crippen molar-refractivity contribution in [2.75, 3.05) is 13.1 Å². The molecule has 3 N–H and O–H groups in total. The highest BCUT2D eigenvalue weighted by Crippen LogP contribution is 2.23. The molecule has 0 saturated carbocycles. The van der Waals surface area contributed by atoms with E-state index in [1.807, 2.05) is 13.8 Å². The molecule has 176 valence electrons. The SMILES string of the molecule is CCCCN(CCCC)C(=O)[C@@H]1OC(C(=O)OC(=O)C(F)(F)F)=C[C@H](N)[C@H]1NC(C)=O. The van der Waals surface area contributed by atoms with Crippen LogP contribution >= 0.6 is 0 Å². The van der Waals surface area contributed by atoms with Gasteiger partial charge in [0.2, 0.25) is 11.7 Å². The lowest BCUT2D eigenvalue weighted by Crippen LogP contribution is -2.61. The fourth-order valence-corrected chi connectivity index (χ4v) is 2.86. The van der Waals surface area contributed by atoms with Crippen molar-refractivity contribution >= 4 is 23.8 Å². The average molecular weight is 451 g/mol. The summed E-state index contributed by atoms with van der Waals surface area (Å²) in [5, 5.41) is 2.47. The summed E-state index contributed by atoms with van der Waals surface area (Å²) >= 11 is 0. The molecule has 31 heavy (non-hydrogen) atoms. The molecule has 1 aliphatic heterocycles. The van der Waals surface area contributed by atoms with Crippen LogP contribution in [0.25, 0.3) is 0 Å². The summed E-state index contributed by atoms with van der Waals surface area (Å²) in [6.45, 7) is 5.82. The first-order chi connectivity index (χ1) is 14.4. The molecular formula is C19H28F3N3O6. The molecule has 1 aliphatic rings. The fourth-order valence-electron chi connectivity index (χ4n) is 2.86. The molecule has 0 bridgehead atoms. The van der Waals surface area contributed by atoms with Gasteiger partial charge in [-0.2, -0.15) is 13.2 Å². The predicted molar refractivity (Wildman–Crippen MR) is 102 cm³/mol. The number of nitrogens with zero attached hydrogens (tertiary/aromatic N) is 1. The van der Waals surface area contributed by atoms with Gasteiger partial charge in [-0.05, 0) is 18.9 Å². The van der Waals surface area contributed by atoms with Crippen molar-refractivity contribution in [2.45, 2.75) is 70.8 Å². The third-order valence-corrected chi connectivity index (χ3v) is 4.44. The molecule has 0 aliphatic carbocycles. The standard InChI is InChI=1S/C19H28F3N3O6/c1-4-6-8-25(9-7-5-2)16(27)15-14(24-11(3)26)12(23)10-13(30-15)17(28)31-18(29)19(20,21)22/h10,12,14-15H,4-9,23H2,1-3H3,(H,24,26)/t12-,14+,15+/m0/s1. The van der Waals surface area contributed by atoms with Crippen LogP contribution in [0.5, 0.6) is 0 Å². The van der Waals surface area contributed by atoms with Crippen LogP contribution in [-0.2, 0) is 28.7 Å². The van der Waals surface area contributed by atoms with Crippen LogP contribution in [0.4, 0.5) is 13.2 Å². The number of rotatable bonds is 9. The van der Waals surface area contributed by atoms with Crippen molar-refractivity contribution in [1.29, 1.82) is 0 Å². The van der Waals surface area contributed by atoms with E-state index in [-0.39, 0.29) is 0 Å². The van der Waals surface area contributed by atoms with Gasteiger partial charge in [0.25, 0.3) is 5.91 Å². The molecule has 0 aromatic rings. The second kappa shape index (κ2) is 11.7. The van der Waals surface area contributed by atoms with Crippen LogP contribution in [0.15, 0.2) is 11.8 Å². The highest BCUT2D eigenvalue weighted by molar-refractivity contribution is 5.97. The lowest BCUT2D eigenvalue weighted by atomic mass is 9.97. The largest absolute Gasteiger partial charge is 0.491 e. The number of esters is 2. The van der Waals surface area contributed by atoms with Crippen LogP contribution in [0, 0.1) is 0 Å². The first-order valence-corrected chi connectivity index (χ1v) is 9.95. The van der Waals surface area contributed by atoms with E-state index in [9.17, 15) is 32.3 Å². The maximum Gasteiger partial charge on any atom is 0.491 e. The quantitative estimate of drug-likeness (QED) is 0.398. The Morgan fingerprint density at radius 3 is 2.16 bits per heavy atom. The van der Waals surface area contributed by atoms with Crippen LogP contribution in [0.2, 0.25) is 0 Å². The zero-order valence-electron chi connectivity index (χ0n) is 17.7. The lowest BCUT2D eigenvalue weighted by molar-refractivity contribution is -0.202. The summed E-state index contributed by atoms with van der Waals surface area (Å²) in [5.74, 6) is -6.38. The minimum atomic E-state index is -5.39. The second-order valence-electron chi connectivity index (χ2n) is 7.08. The molecule has 0 fully saturated rings. The van der Waals surface area contributed by atoms with Crippen molar-refractivity contribution in [3.05, 3.63) is 11.8 Å². The van der Waals surface area contributed by atoms with Crippen LogP contribution in [0.3, 0.4) is 0 Å². The zero-order valence-corrected chi connectivity index (χ0v) is 17.7. The molecule has 9 nitrogen and oxygen atoms in total. The number of carbonyl (C=O) groups excluding carboxylic acids is 4. The Morgan fingerprint density at radius 2 is 1.71 bits per heavy atom. The Balaban J connectivity index is 3.16. The zero-order chi connectivity index (χ0) is 23.8. The Labute approximate surface area is 178 Å². The molecule has 2 amide bonds. The average Bonchev–Trinajstić information content (AvgIpc) is 2.67. The third-order valence-electron chi connectivity index (χ3n) is 4.44. The van der Waals surface area contributed by atoms with E-state index < -0.39 is 53.9 Å². The van der Waals surface area contributed by atoms with Gasteiger partial charge in [0.15, 0.2) is 6.10 Å². The van der Waals surface area contributed by atoms with E-state index >= 15 is 0 Å². The van der Waals surface area contributed by atoms with Gasteiger partial charge in [0.1, 0.15) is 0 Å². The summed E-state index contributed by atoms with van der Waals surface area (Å²) < 4.78 is 46.3. The van der Waals surface area contributed by atoms with Crippen LogP contribution < -0.4 is 11.1 Å². The highest BCUT2D eigenvalue weighted by Gasteiger charge is 2.46. The van der Waals surface area contributed by atoms with E-state index in [2.05, 4.69) is 10.1 Å². The van der Waals surface area contributed by atoms with Crippen molar-refractivity contribution in [1.82, 2.24) is 10.2 Å². The second-order valence-corrected chi connectivity index (χ2v) is 7.08. The molecule has 0 aromatic heterocycles. The Kier molecular flexibility index (Phi) is 9.95. The molecule has 3 atom stereocenters. The molecular weight excluding hydrogens is 423 g/mol. The van der Waals surface area contributed by atoms with Gasteiger partial charge in [-0.25, -0.2) is 9.59 Å². The highest BCUT2D eigenvalue weighted by atomic mass is 19.4. The molecule has 12 heteroatoms. The van der Waals surface area contributed by atoms with Gasteiger partial charge in [-0.3, -0.25) is 9.59 Å². The predicted octanol–water partition coefficient (Wildman–Crippen LogP) is 1.16. The van der Waals surface area contributed by atoms with E-state index in [1.165, 1.54) is 11.8 Å². The molecule has 1 heterocycles. The molecule has 0 radical (unpaired) electrons. The Hall–Kier alpha value is -2.63. The van der Waals surface area contributed by atoms with Crippen molar-refractivity contribution in [3.63, 3.8) is 0 Å².